The maximum Gasteiger partial charge on any atom is 0.387 e. The van der Waals surface area contributed by atoms with Gasteiger partial charge >= 0.3 is 6.61 Å². The molecule has 0 radical (unpaired) electrons. The molecule has 1 heterocycles. The molecular formula is C19H18F2N4OS. The topological polar surface area (TPSA) is 51.1 Å². The van der Waals surface area contributed by atoms with Gasteiger partial charge in [-0.15, -0.1) is 0 Å². The smallest absolute Gasteiger partial charge is 0.387 e. The molecule has 3 aromatic rings. The van der Waals surface area contributed by atoms with Gasteiger partial charge in [-0.2, -0.15) is 13.9 Å². The number of benzene rings is 2. The van der Waals surface area contributed by atoms with Crippen LogP contribution in [-0.4, -0.2) is 21.5 Å². The van der Waals surface area contributed by atoms with Crippen molar-refractivity contribution >= 4 is 28.8 Å². The van der Waals surface area contributed by atoms with Crippen molar-refractivity contribution in [3.05, 3.63) is 71.9 Å². The first kappa shape index (κ1) is 18.8. The maximum absolute atomic E-state index is 12.5. The fraction of sp³-hybridized carbons (Fsp3) is 0.158. The largest absolute Gasteiger partial charge is 0.433 e. The lowest BCUT2D eigenvalue weighted by Gasteiger charge is -2.13. The van der Waals surface area contributed by atoms with Crippen molar-refractivity contribution in [3.63, 3.8) is 0 Å². The summed E-state index contributed by atoms with van der Waals surface area (Å²) in [5.74, 6) is 0.564. The van der Waals surface area contributed by atoms with Gasteiger partial charge < -0.3 is 15.4 Å². The van der Waals surface area contributed by atoms with E-state index in [0.29, 0.717) is 18.1 Å². The van der Waals surface area contributed by atoms with E-state index in [0.717, 1.165) is 5.56 Å². The minimum Gasteiger partial charge on any atom is -0.433 e. The Morgan fingerprint density at radius 1 is 1.15 bits per heavy atom. The molecule has 2 aromatic carbocycles. The molecular weight excluding hydrogens is 370 g/mol. The van der Waals surface area contributed by atoms with Crippen molar-refractivity contribution in [2.45, 2.75) is 20.1 Å². The second-order valence-electron chi connectivity index (χ2n) is 5.84. The monoisotopic (exact) mass is 388 g/mol. The number of hydrogen-bond acceptors (Lipinski definition) is 3. The normalized spacial score (nSPS) is 10.7. The van der Waals surface area contributed by atoms with E-state index in [4.69, 9.17) is 12.2 Å². The predicted octanol–water partition coefficient (Wildman–Crippen LogP) is 4.65. The van der Waals surface area contributed by atoms with Gasteiger partial charge in [0.05, 0.1) is 12.2 Å². The molecule has 0 amide bonds. The summed E-state index contributed by atoms with van der Waals surface area (Å²) in [6, 6.07) is 16.3. The lowest BCUT2D eigenvalue weighted by Crippen LogP contribution is -2.20. The maximum atomic E-state index is 12.5. The molecule has 0 aliphatic carbocycles. The zero-order chi connectivity index (χ0) is 19.2. The van der Waals surface area contributed by atoms with Gasteiger partial charge in [0.25, 0.3) is 0 Å². The quantitative estimate of drug-likeness (QED) is 0.602. The van der Waals surface area contributed by atoms with Crippen LogP contribution in [-0.2, 0) is 6.54 Å². The van der Waals surface area contributed by atoms with Gasteiger partial charge in [0.2, 0.25) is 0 Å². The predicted molar refractivity (Wildman–Crippen MR) is 105 cm³/mol. The number of nitrogens with one attached hydrogen (secondary N) is 2. The van der Waals surface area contributed by atoms with Crippen molar-refractivity contribution in [1.29, 1.82) is 0 Å². The zero-order valence-corrected chi connectivity index (χ0v) is 15.3. The standard InChI is InChI=1S/C19H18F2N4OS/c1-13-5-4-6-14(11-13)12-25-10-9-17(24-25)23-19(27)22-15-7-2-3-8-16(15)26-18(20)21/h2-11,18H,12H2,1H3,(H2,22,23,24,27). The Hall–Kier alpha value is -3.00. The van der Waals surface area contributed by atoms with E-state index in [1.54, 1.807) is 28.9 Å². The van der Waals surface area contributed by atoms with Crippen molar-refractivity contribution in [1.82, 2.24) is 9.78 Å². The van der Waals surface area contributed by atoms with E-state index >= 15 is 0 Å². The second-order valence-corrected chi connectivity index (χ2v) is 6.25. The third-order valence-corrected chi connectivity index (χ3v) is 3.86. The molecule has 8 heteroatoms. The fourth-order valence-electron chi connectivity index (χ4n) is 2.55. The van der Waals surface area contributed by atoms with Gasteiger partial charge in [0.1, 0.15) is 5.75 Å². The number of alkyl halides is 2. The van der Waals surface area contributed by atoms with Crippen LogP contribution in [0.3, 0.4) is 0 Å². The summed E-state index contributed by atoms with van der Waals surface area (Å²) in [5.41, 5.74) is 2.67. The summed E-state index contributed by atoms with van der Waals surface area (Å²) in [6.45, 7) is -0.236. The van der Waals surface area contributed by atoms with Gasteiger partial charge in [0.15, 0.2) is 10.9 Å². The average Bonchev–Trinajstić information content (AvgIpc) is 3.03. The van der Waals surface area contributed by atoms with Crippen LogP contribution >= 0.6 is 12.2 Å². The molecule has 0 saturated heterocycles. The Morgan fingerprint density at radius 2 is 1.96 bits per heavy atom. The molecule has 2 N–H and O–H groups in total. The first-order chi connectivity index (χ1) is 13.0. The van der Waals surface area contributed by atoms with Crippen molar-refractivity contribution in [3.8, 4) is 5.75 Å². The Bertz CT molecular complexity index is 929. The van der Waals surface area contributed by atoms with Crippen molar-refractivity contribution in [2.75, 3.05) is 10.6 Å². The number of nitrogens with zero attached hydrogens (tertiary/aromatic N) is 2. The number of para-hydroxylation sites is 2. The number of thiocarbonyl (C=S) groups is 1. The van der Waals surface area contributed by atoms with Gasteiger partial charge in [-0.3, -0.25) is 4.68 Å². The van der Waals surface area contributed by atoms with Crippen molar-refractivity contribution < 1.29 is 13.5 Å². The third kappa shape index (κ3) is 5.49. The van der Waals surface area contributed by atoms with E-state index in [2.05, 4.69) is 26.5 Å². The van der Waals surface area contributed by atoms with Crippen LogP contribution in [0.15, 0.2) is 60.8 Å². The zero-order valence-electron chi connectivity index (χ0n) is 14.5. The van der Waals surface area contributed by atoms with Crippen LogP contribution < -0.4 is 15.4 Å². The Labute approximate surface area is 161 Å². The van der Waals surface area contributed by atoms with Crippen LogP contribution in [0.4, 0.5) is 20.3 Å². The second kappa shape index (κ2) is 8.59. The highest BCUT2D eigenvalue weighted by Gasteiger charge is 2.10. The number of aryl methyl sites for hydroxylation is 1. The van der Waals surface area contributed by atoms with Crippen LogP contribution in [0.25, 0.3) is 0 Å². The number of ether oxygens (including phenoxy) is 1. The molecule has 1 aromatic heterocycles. The molecule has 0 spiro atoms. The summed E-state index contributed by atoms with van der Waals surface area (Å²) in [6.07, 6.45) is 1.83. The first-order valence-electron chi connectivity index (χ1n) is 8.20. The summed E-state index contributed by atoms with van der Waals surface area (Å²) in [5, 5.41) is 10.4. The highest BCUT2D eigenvalue weighted by atomic mass is 32.1. The summed E-state index contributed by atoms with van der Waals surface area (Å²) in [4.78, 5) is 0. The molecule has 5 nitrogen and oxygen atoms in total. The molecule has 0 unspecified atom stereocenters. The number of anilines is 2. The Kier molecular flexibility index (Phi) is 5.97. The lowest BCUT2D eigenvalue weighted by atomic mass is 10.1. The summed E-state index contributed by atoms with van der Waals surface area (Å²) >= 11 is 5.23. The number of aromatic nitrogens is 2. The molecule has 140 valence electrons. The summed E-state index contributed by atoms with van der Waals surface area (Å²) in [7, 11) is 0. The van der Waals surface area contributed by atoms with Crippen molar-refractivity contribution in [2.24, 2.45) is 0 Å². The van der Waals surface area contributed by atoms with E-state index in [1.165, 1.54) is 11.6 Å². The minimum atomic E-state index is -2.91. The van der Waals surface area contributed by atoms with Crippen LogP contribution in [0, 0.1) is 6.92 Å². The molecule has 0 aliphatic rings. The van der Waals surface area contributed by atoms with E-state index in [1.807, 2.05) is 31.3 Å². The SMILES string of the molecule is Cc1cccc(Cn2ccc(NC(=S)Nc3ccccc3OC(F)F)n2)c1. The van der Waals surface area contributed by atoms with Gasteiger partial charge in [-0.25, -0.2) is 0 Å². The molecule has 0 atom stereocenters. The molecule has 0 saturated carbocycles. The molecule has 0 aliphatic heterocycles. The van der Waals surface area contributed by atoms with E-state index < -0.39 is 6.61 Å². The van der Waals surface area contributed by atoms with Crippen LogP contribution in [0.2, 0.25) is 0 Å². The van der Waals surface area contributed by atoms with E-state index in [9.17, 15) is 8.78 Å². The number of rotatable bonds is 6. The van der Waals surface area contributed by atoms with Gasteiger partial charge in [-0.1, -0.05) is 42.0 Å². The number of hydrogen-bond donors (Lipinski definition) is 2. The molecule has 0 bridgehead atoms. The van der Waals surface area contributed by atoms with Gasteiger partial charge in [0, 0.05) is 12.3 Å². The minimum absolute atomic E-state index is 0.0154. The summed E-state index contributed by atoms with van der Waals surface area (Å²) < 4.78 is 31.2. The lowest BCUT2D eigenvalue weighted by molar-refractivity contribution is -0.0493. The highest BCUT2D eigenvalue weighted by molar-refractivity contribution is 7.80. The van der Waals surface area contributed by atoms with Crippen LogP contribution in [0.5, 0.6) is 5.75 Å². The fourth-order valence-corrected chi connectivity index (χ4v) is 2.77. The van der Waals surface area contributed by atoms with Crippen LogP contribution in [0.1, 0.15) is 11.1 Å². The van der Waals surface area contributed by atoms with E-state index in [-0.39, 0.29) is 10.9 Å². The van der Waals surface area contributed by atoms with Gasteiger partial charge in [-0.05, 0) is 36.8 Å². The highest BCUT2D eigenvalue weighted by Crippen LogP contribution is 2.25. The molecule has 0 fully saturated rings. The molecule has 3 rings (SSSR count). The average molecular weight is 388 g/mol. The molecule has 27 heavy (non-hydrogen) atoms. The number of halogens is 2. The Morgan fingerprint density at radius 3 is 2.74 bits per heavy atom. The Balaban J connectivity index is 1.61. The first-order valence-corrected chi connectivity index (χ1v) is 8.61. The third-order valence-electron chi connectivity index (χ3n) is 3.66.